The van der Waals surface area contributed by atoms with Crippen molar-refractivity contribution < 1.29 is 17.9 Å². The second-order valence-corrected chi connectivity index (χ2v) is 8.04. The quantitative estimate of drug-likeness (QED) is 0.490. The molecule has 2 atom stereocenters. The van der Waals surface area contributed by atoms with Gasteiger partial charge in [0.25, 0.3) is 0 Å². The Morgan fingerprint density at radius 3 is 2.77 bits per heavy atom. The zero-order valence-corrected chi connectivity index (χ0v) is 17.1. The minimum atomic E-state index is -4.43. The number of pyridine rings is 1. The van der Waals surface area contributed by atoms with Crippen LogP contribution in [0.15, 0.2) is 30.6 Å². The maximum absolute atomic E-state index is 13.4. The predicted molar refractivity (Wildman–Crippen MR) is 108 cm³/mol. The van der Waals surface area contributed by atoms with Gasteiger partial charge < -0.3 is 9.30 Å². The van der Waals surface area contributed by atoms with Crippen LogP contribution < -0.4 is 0 Å². The summed E-state index contributed by atoms with van der Waals surface area (Å²) >= 11 is 0. The molecule has 3 aromatic heterocycles. The average molecular weight is 430 g/mol. The van der Waals surface area contributed by atoms with E-state index in [0.717, 1.165) is 30.4 Å². The first-order valence-electron chi connectivity index (χ1n) is 10.1. The van der Waals surface area contributed by atoms with Crippen molar-refractivity contribution >= 4 is 21.9 Å². The molecule has 1 aliphatic rings. The van der Waals surface area contributed by atoms with Crippen LogP contribution in [0.25, 0.3) is 21.9 Å². The molecule has 0 radical (unpaired) electrons. The zero-order valence-electron chi connectivity index (χ0n) is 17.1. The number of halogens is 3. The molecular formula is C21H21F3N6O. The molecule has 0 spiro atoms. The van der Waals surface area contributed by atoms with E-state index >= 15 is 0 Å². The number of hydrogen-bond donors (Lipinski definition) is 0. The molecule has 0 saturated carbocycles. The van der Waals surface area contributed by atoms with E-state index in [1.807, 2.05) is 13.1 Å². The van der Waals surface area contributed by atoms with Crippen LogP contribution in [-0.2, 0) is 24.4 Å². The molecule has 1 unspecified atom stereocenters. The van der Waals surface area contributed by atoms with Crippen molar-refractivity contribution in [2.75, 3.05) is 6.61 Å². The third-order valence-electron chi connectivity index (χ3n) is 5.73. The molecule has 4 aromatic rings. The van der Waals surface area contributed by atoms with Gasteiger partial charge in [-0.25, -0.2) is 4.98 Å². The number of alkyl halides is 3. The molecule has 0 bridgehead atoms. The first-order valence-corrected chi connectivity index (χ1v) is 10.1. The van der Waals surface area contributed by atoms with E-state index in [2.05, 4.69) is 19.9 Å². The first kappa shape index (κ1) is 19.9. The maximum atomic E-state index is 13.4. The van der Waals surface area contributed by atoms with E-state index in [1.54, 1.807) is 17.9 Å². The van der Waals surface area contributed by atoms with Crippen LogP contribution in [0.4, 0.5) is 13.2 Å². The molecule has 1 saturated heterocycles. The highest BCUT2D eigenvalue weighted by atomic mass is 19.4. The van der Waals surface area contributed by atoms with Crippen molar-refractivity contribution in [3.8, 4) is 0 Å². The van der Waals surface area contributed by atoms with Gasteiger partial charge in [0.1, 0.15) is 11.3 Å². The molecule has 1 aromatic carbocycles. The second-order valence-electron chi connectivity index (χ2n) is 8.04. The molecule has 0 aliphatic carbocycles. The number of benzene rings is 1. The Balaban J connectivity index is 1.75. The molecule has 10 heteroatoms. The number of hydrogen-bond acceptors (Lipinski definition) is 5. The fraction of sp³-hybridized carbons (Fsp3) is 0.429. The highest BCUT2D eigenvalue weighted by molar-refractivity contribution is 6.02. The van der Waals surface area contributed by atoms with E-state index in [-0.39, 0.29) is 12.1 Å². The predicted octanol–water partition coefficient (Wildman–Crippen LogP) is 4.06. The van der Waals surface area contributed by atoms with E-state index < -0.39 is 11.7 Å². The van der Waals surface area contributed by atoms with Crippen molar-refractivity contribution in [3.63, 3.8) is 0 Å². The summed E-state index contributed by atoms with van der Waals surface area (Å²) in [5, 5.41) is 8.59. The van der Waals surface area contributed by atoms with Crippen LogP contribution in [-0.4, -0.2) is 42.2 Å². The maximum Gasteiger partial charge on any atom is 0.416 e. The number of aromatic nitrogens is 6. The third-order valence-corrected chi connectivity index (χ3v) is 5.73. The third kappa shape index (κ3) is 3.65. The standard InChI is InChI=1S/C21H21F3N6O/c1-12-7-15(5-6-31-12)30-19(9-14-11-29(2)28-27-14)26-18-10-25-17-4-3-13(21(22,23)24)8-16(17)20(18)30/h3-4,8,10-12,15H,5-7,9H2,1-2H3/t12-,15?/m1/s1. The van der Waals surface area contributed by atoms with Gasteiger partial charge in [-0.15, -0.1) is 5.10 Å². The SMILES string of the molecule is C[C@@H]1CC(n2c(Cc3cn(C)nn3)nc3cnc4ccc(C(F)(F)F)cc4c32)CCO1. The number of ether oxygens (including phenoxy) is 1. The highest BCUT2D eigenvalue weighted by Gasteiger charge is 2.32. The van der Waals surface area contributed by atoms with Crippen LogP contribution in [0.2, 0.25) is 0 Å². The average Bonchev–Trinajstić information content (AvgIpc) is 3.30. The van der Waals surface area contributed by atoms with Crippen molar-refractivity contribution in [2.24, 2.45) is 7.05 Å². The Morgan fingerprint density at radius 1 is 1.23 bits per heavy atom. The van der Waals surface area contributed by atoms with Crippen LogP contribution in [0, 0.1) is 0 Å². The fourth-order valence-corrected chi connectivity index (χ4v) is 4.37. The van der Waals surface area contributed by atoms with E-state index in [1.165, 1.54) is 12.1 Å². The lowest BCUT2D eigenvalue weighted by Gasteiger charge is -2.30. The van der Waals surface area contributed by atoms with E-state index in [9.17, 15) is 13.2 Å². The lowest BCUT2D eigenvalue weighted by molar-refractivity contribution is -0.137. The van der Waals surface area contributed by atoms with Gasteiger partial charge in [0, 0.05) is 31.3 Å². The van der Waals surface area contributed by atoms with Gasteiger partial charge in [-0.3, -0.25) is 9.67 Å². The summed E-state index contributed by atoms with van der Waals surface area (Å²) in [7, 11) is 1.79. The van der Waals surface area contributed by atoms with Crippen LogP contribution >= 0.6 is 0 Å². The summed E-state index contributed by atoms with van der Waals surface area (Å²) in [6, 6.07) is 3.72. The topological polar surface area (TPSA) is 70.7 Å². The van der Waals surface area contributed by atoms with Gasteiger partial charge >= 0.3 is 6.18 Å². The van der Waals surface area contributed by atoms with E-state index in [0.29, 0.717) is 35.0 Å². The zero-order chi connectivity index (χ0) is 21.8. The summed E-state index contributed by atoms with van der Waals surface area (Å²) in [6.45, 7) is 2.60. The van der Waals surface area contributed by atoms with Gasteiger partial charge in [-0.2, -0.15) is 13.2 Å². The molecule has 4 heterocycles. The van der Waals surface area contributed by atoms with Crippen molar-refractivity contribution in [1.82, 2.24) is 29.5 Å². The molecule has 1 aliphatic heterocycles. The Bertz CT molecular complexity index is 1260. The minimum Gasteiger partial charge on any atom is -0.378 e. The number of rotatable bonds is 3. The molecule has 0 amide bonds. The number of imidazole rings is 1. The minimum absolute atomic E-state index is 0.0550. The van der Waals surface area contributed by atoms with Gasteiger partial charge in [-0.05, 0) is 38.0 Å². The van der Waals surface area contributed by atoms with Gasteiger partial charge in [0.15, 0.2) is 0 Å². The van der Waals surface area contributed by atoms with Gasteiger partial charge in [-0.1, -0.05) is 5.21 Å². The summed E-state index contributed by atoms with van der Waals surface area (Å²) < 4.78 is 49.7. The van der Waals surface area contributed by atoms with Crippen molar-refractivity contribution in [1.29, 1.82) is 0 Å². The first-order chi connectivity index (χ1) is 14.8. The monoisotopic (exact) mass is 430 g/mol. The Hall–Kier alpha value is -3.01. The van der Waals surface area contributed by atoms with E-state index in [4.69, 9.17) is 9.72 Å². The smallest absolute Gasteiger partial charge is 0.378 e. The molecule has 5 rings (SSSR count). The lowest BCUT2D eigenvalue weighted by atomic mass is 10.0. The Labute approximate surface area is 175 Å². The summed E-state index contributed by atoms with van der Waals surface area (Å²) in [6.07, 6.45) is 0.998. The van der Waals surface area contributed by atoms with Crippen LogP contribution in [0.3, 0.4) is 0 Å². The number of fused-ring (bicyclic) bond motifs is 3. The van der Waals surface area contributed by atoms with Gasteiger partial charge in [0.05, 0.1) is 41.0 Å². The summed E-state index contributed by atoms with van der Waals surface area (Å²) in [5.74, 6) is 0.737. The normalized spacial score (nSPS) is 20.0. The Kier molecular flexibility index (Phi) is 4.69. The van der Waals surface area contributed by atoms with Crippen LogP contribution in [0.5, 0.6) is 0 Å². The Morgan fingerprint density at radius 2 is 2.06 bits per heavy atom. The van der Waals surface area contributed by atoms with Crippen molar-refractivity contribution in [3.05, 3.63) is 47.7 Å². The fourth-order valence-electron chi connectivity index (χ4n) is 4.37. The molecular weight excluding hydrogens is 409 g/mol. The van der Waals surface area contributed by atoms with Crippen molar-refractivity contribution in [2.45, 2.75) is 44.5 Å². The largest absolute Gasteiger partial charge is 0.416 e. The number of nitrogens with zero attached hydrogens (tertiary/aromatic N) is 6. The molecule has 0 N–H and O–H groups in total. The summed E-state index contributed by atoms with van der Waals surface area (Å²) in [5.41, 5.74) is 1.80. The molecule has 31 heavy (non-hydrogen) atoms. The number of aryl methyl sites for hydroxylation is 1. The van der Waals surface area contributed by atoms with Gasteiger partial charge in [0.2, 0.25) is 0 Å². The second kappa shape index (κ2) is 7.30. The van der Waals surface area contributed by atoms with Crippen LogP contribution in [0.1, 0.15) is 42.9 Å². The molecule has 7 nitrogen and oxygen atoms in total. The molecule has 162 valence electrons. The molecule has 1 fully saturated rings. The summed E-state index contributed by atoms with van der Waals surface area (Å²) in [4.78, 5) is 9.12. The highest BCUT2D eigenvalue weighted by Crippen LogP contribution is 2.37. The lowest BCUT2D eigenvalue weighted by Crippen LogP contribution is -2.26.